The Morgan fingerprint density at radius 1 is 1.18 bits per heavy atom. The molecule has 1 fully saturated rings. The number of rotatable bonds is 2. The number of benzene rings is 1. The molecule has 2 atom stereocenters. The second kappa shape index (κ2) is 5.18. The molecule has 5 nitrogen and oxygen atoms in total. The van der Waals surface area contributed by atoms with E-state index in [-0.39, 0.29) is 4.90 Å². The van der Waals surface area contributed by atoms with E-state index in [4.69, 9.17) is 9.47 Å². The van der Waals surface area contributed by atoms with Gasteiger partial charge >= 0.3 is 5.69 Å². The third-order valence-electron chi connectivity index (χ3n) is 4.70. The molecule has 1 saturated heterocycles. The van der Waals surface area contributed by atoms with Crippen molar-refractivity contribution in [3.8, 4) is 0 Å². The predicted octanol–water partition coefficient (Wildman–Crippen LogP) is 2.32. The van der Waals surface area contributed by atoms with Crippen molar-refractivity contribution in [3.63, 3.8) is 0 Å². The van der Waals surface area contributed by atoms with Crippen LogP contribution in [0.25, 0.3) is 0 Å². The van der Waals surface area contributed by atoms with E-state index in [1.54, 1.807) is 6.07 Å². The van der Waals surface area contributed by atoms with Crippen LogP contribution in [0, 0.1) is 0 Å². The van der Waals surface area contributed by atoms with Crippen molar-refractivity contribution in [2.45, 2.75) is 48.4 Å². The SMILES string of the molecule is O=S1(=O)c2ccc(NC3CCOCC3)c3c2[C@@H](CC3)OC1F. The molecular weight excluding hydrogens is 309 g/mol. The highest BCUT2D eigenvalue weighted by molar-refractivity contribution is 7.91. The van der Waals surface area contributed by atoms with Gasteiger partial charge in [0.05, 0.1) is 11.0 Å². The lowest BCUT2D eigenvalue weighted by Crippen LogP contribution is -2.30. The van der Waals surface area contributed by atoms with Gasteiger partial charge in [0, 0.05) is 30.5 Å². The number of anilines is 1. The lowest BCUT2D eigenvalue weighted by Gasteiger charge is -2.28. The van der Waals surface area contributed by atoms with Crippen LogP contribution < -0.4 is 5.32 Å². The fourth-order valence-electron chi connectivity index (χ4n) is 3.57. The first-order valence-electron chi connectivity index (χ1n) is 7.61. The van der Waals surface area contributed by atoms with Gasteiger partial charge < -0.3 is 14.8 Å². The average molecular weight is 327 g/mol. The quantitative estimate of drug-likeness (QED) is 0.903. The van der Waals surface area contributed by atoms with Crippen LogP contribution in [-0.4, -0.2) is 33.4 Å². The second-order valence-electron chi connectivity index (χ2n) is 6.02. The third kappa shape index (κ3) is 2.14. The van der Waals surface area contributed by atoms with E-state index in [9.17, 15) is 12.8 Å². The van der Waals surface area contributed by atoms with Crippen molar-refractivity contribution < 1.29 is 22.3 Å². The van der Waals surface area contributed by atoms with Crippen molar-refractivity contribution in [3.05, 3.63) is 23.3 Å². The van der Waals surface area contributed by atoms with Crippen LogP contribution in [-0.2, 0) is 25.7 Å². The molecule has 120 valence electrons. The lowest BCUT2D eigenvalue weighted by molar-refractivity contribution is -0.0423. The predicted molar refractivity (Wildman–Crippen MR) is 78.1 cm³/mol. The van der Waals surface area contributed by atoms with E-state index >= 15 is 0 Å². The highest BCUT2D eigenvalue weighted by Crippen LogP contribution is 2.47. The summed E-state index contributed by atoms with van der Waals surface area (Å²) in [4.78, 5) is 0.0984. The van der Waals surface area contributed by atoms with Gasteiger partial charge in [-0.05, 0) is 43.4 Å². The zero-order chi connectivity index (χ0) is 15.3. The highest BCUT2D eigenvalue weighted by Gasteiger charge is 2.44. The molecule has 0 saturated carbocycles. The van der Waals surface area contributed by atoms with Crippen molar-refractivity contribution in [1.29, 1.82) is 0 Å². The maximum absolute atomic E-state index is 13.7. The summed E-state index contributed by atoms with van der Waals surface area (Å²) in [5, 5.41) is 3.49. The van der Waals surface area contributed by atoms with Gasteiger partial charge in [-0.25, -0.2) is 8.42 Å². The fraction of sp³-hybridized carbons (Fsp3) is 0.600. The summed E-state index contributed by atoms with van der Waals surface area (Å²) in [7, 11) is -4.02. The highest BCUT2D eigenvalue weighted by atomic mass is 32.2. The maximum Gasteiger partial charge on any atom is 0.306 e. The second-order valence-corrected chi connectivity index (χ2v) is 7.92. The smallest absolute Gasteiger partial charge is 0.306 e. The summed E-state index contributed by atoms with van der Waals surface area (Å²) in [6, 6.07) is 3.61. The summed E-state index contributed by atoms with van der Waals surface area (Å²) in [5.41, 5.74) is 0.324. The number of hydrogen-bond donors (Lipinski definition) is 1. The van der Waals surface area contributed by atoms with Crippen molar-refractivity contribution in [1.82, 2.24) is 0 Å². The molecule has 4 rings (SSSR count). The van der Waals surface area contributed by atoms with Crippen LogP contribution in [0.4, 0.5) is 10.1 Å². The lowest BCUT2D eigenvalue weighted by atomic mass is 10.0. The van der Waals surface area contributed by atoms with Crippen molar-refractivity contribution in [2.24, 2.45) is 0 Å². The molecule has 0 aromatic heterocycles. The van der Waals surface area contributed by atoms with E-state index in [2.05, 4.69) is 5.32 Å². The summed E-state index contributed by atoms with van der Waals surface area (Å²) in [5.74, 6) is 0. The first-order valence-corrected chi connectivity index (χ1v) is 9.15. The minimum absolute atomic E-state index is 0.0984. The minimum Gasteiger partial charge on any atom is -0.382 e. The van der Waals surface area contributed by atoms with Crippen LogP contribution >= 0.6 is 0 Å². The number of sulfone groups is 1. The number of ether oxygens (including phenoxy) is 2. The van der Waals surface area contributed by atoms with Crippen molar-refractivity contribution in [2.75, 3.05) is 18.5 Å². The van der Waals surface area contributed by atoms with Gasteiger partial charge in [-0.2, -0.15) is 4.39 Å². The zero-order valence-corrected chi connectivity index (χ0v) is 12.9. The van der Waals surface area contributed by atoms with Gasteiger partial charge in [0.2, 0.25) is 9.84 Å². The summed E-state index contributed by atoms with van der Waals surface area (Å²) < 4.78 is 48.3. The third-order valence-corrected chi connectivity index (χ3v) is 6.27. The van der Waals surface area contributed by atoms with E-state index in [0.717, 1.165) is 37.3 Å². The molecule has 1 N–H and O–H groups in total. The van der Waals surface area contributed by atoms with Crippen molar-refractivity contribution >= 4 is 15.5 Å². The topological polar surface area (TPSA) is 64.6 Å². The van der Waals surface area contributed by atoms with Gasteiger partial charge in [-0.15, -0.1) is 0 Å². The van der Waals surface area contributed by atoms with Gasteiger partial charge in [-0.1, -0.05) is 0 Å². The molecule has 2 heterocycles. The van der Waals surface area contributed by atoms with Crippen LogP contribution in [0.15, 0.2) is 17.0 Å². The molecule has 1 aromatic rings. The summed E-state index contributed by atoms with van der Waals surface area (Å²) in [6.45, 7) is 1.48. The Balaban J connectivity index is 1.73. The zero-order valence-electron chi connectivity index (χ0n) is 12.0. The Hall–Kier alpha value is -1.18. The van der Waals surface area contributed by atoms with Crippen LogP contribution in [0.5, 0.6) is 0 Å². The molecule has 1 aromatic carbocycles. The molecule has 1 unspecified atom stereocenters. The summed E-state index contributed by atoms with van der Waals surface area (Å²) >= 11 is 0. The molecule has 0 bridgehead atoms. The first-order chi connectivity index (χ1) is 10.6. The maximum atomic E-state index is 13.7. The van der Waals surface area contributed by atoms with Gasteiger partial charge in [0.15, 0.2) is 0 Å². The van der Waals surface area contributed by atoms with Gasteiger partial charge in [-0.3, -0.25) is 0 Å². The Morgan fingerprint density at radius 3 is 2.73 bits per heavy atom. The van der Waals surface area contributed by atoms with Gasteiger partial charge in [0.25, 0.3) is 0 Å². The molecule has 0 spiro atoms. The molecule has 7 heteroatoms. The fourth-order valence-corrected chi connectivity index (χ4v) is 4.87. The summed E-state index contributed by atoms with van der Waals surface area (Å²) in [6.07, 6.45) is 2.76. The van der Waals surface area contributed by atoms with Gasteiger partial charge in [0.1, 0.15) is 0 Å². The first kappa shape index (κ1) is 14.4. The number of hydrogen-bond acceptors (Lipinski definition) is 5. The van der Waals surface area contributed by atoms with Crippen LogP contribution in [0.3, 0.4) is 0 Å². The number of nitrogens with one attached hydrogen (secondary N) is 1. The molecule has 2 aliphatic heterocycles. The van der Waals surface area contributed by atoms with E-state index in [0.29, 0.717) is 24.4 Å². The standard InChI is InChI=1S/C15H18FNO4S/c16-15-21-12-3-1-10-11(17-9-5-7-20-8-6-9)2-4-13(14(10)12)22(15,18)19/h2,4,9,12,15,17H,1,3,5-8H2/t12-,15?/m1/s1. The van der Waals surface area contributed by atoms with Crippen LogP contribution in [0.2, 0.25) is 0 Å². The monoisotopic (exact) mass is 327 g/mol. The molecule has 22 heavy (non-hydrogen) atoms. The molecule has 0 radical (unpaired) electrons. The normalized spacial score (nSPS) is 30.0. The largest absolute Gasteiger partial charge is 0.382 e. The number of alkyl halides is 1. The molecule has 3 aliphatic rings. The average Bonchev–Trinajstić information content (AvgIpc) is 2.92. The Bertz CT molecular complexity index is 700. The Kier molecular flexibility index (Phi) is 3.39. The number of halogens is 1. The van der Waals surface area contributed by atoms with Crippen LogP contribution in [0.1, 0.15) is 36.5 Å². The minimum atomic E-state index is -4.02. The van der Waals surface area contributed by atoms with E-state index in [1.807, 2.05) is 0 Å². The molecular formula is C15H18FNO4S. The molecule has 1 aliphatic carbocycles. The molecule has 0 amide bonds. The Morgan fingerprint density at radius 2 is 1.95 bits per heavy atom. The van der Waals surface area contributed by atoms with E-state index < -0.39 is 21.6 Å². The van der Waals surface area contributed by atoms with E-state index in [1.165, 1.54) is 6.07 Å². The Labute approximate surface area is 128 Å².